The Labute approximate surface area is 143 Å². The first-order valence-corrected chi connectivity index (χ1v) is 8.71. The average molecular weight is 320 g/mol. The van der Waals surface area contributed by atoms with Crippen LogP contribution in [0.4, 0.5) is 0 Å². The van der Waals surface area contributed by atoms with Crippen LogP contribution < -0.4 is 0 Å². The van der Waals surface area contributed by atoms with Crippen LogP contribution in [-0.4, -0.2) is 16.0 Å². The molecule has 2 aromatic rings. The average Bonchev–Trinajstić information content (AvgIpc) is 2.86. The maximum absolute atomic E-state index is 13.0. The van der Waals surface area contributed by atoms with E-state index in [1.54, 1.807) is 0 Å². The number of H-pyrrole nitrogens is 1. The summed E-state index contributed by atoms with van der Waals surface area (Å²) < 4.78 is 0. The molecule has 124 valence electrons. The van der Waals surface area contributed by atoms with E-state index in [-0.39, 0.29) is 11.3 Å². The third-order valence-corrected chi connectivity index (χ3v) is 5.45. The van der Waals surface area contributed by atoms with Crippen LogP contribution in [-0.2, 0) is 11.2 Å². The zero-order valence-electron chi connectivity index (χ0n) is 14.9. The maximum Gasteiger partial charge on any atom is 0.160 e. The number of aryl methyl sites for hydroxylation is 2. The lowest BCUT2D eigenvalue weighted by molar-refractivity contribution is -0.118. The van der Waals surface area contributed by atoms with Gasteiger partial charge in [-0.05, 0) is 31.2 Å². The number of nitrogens with one attached hydrogen (secondary N) is 1. The van der Waals surface area contributed by atoms with Gasteiger partial charge < -0.3 is 0 Å². The quantitative estimate of drug-likeness (QED) is 0.846. The van der Waals surface area contributed by atoms with E-state index < -0.39 is 0 Å². The van der Waals surface area contributed by atoms with Crippen LogP contribution in [0.2, 0.25) is 0 Å². The minimum Gasteiger partial charge on any atom is -0.294 e. The Morgan fingerprint density at radius 3 is 2.54 bits per heavy atom. The second kappa shape index (κ2) is 5.17. The van der Waals surface area contributed by atoms with Gasteiger partial charge in [0.15, 0.2) is 5.78 Å². The Morgan fingerprint density at radius 2 is 1.83 bits per heavy atom. The summed E-state index contributed by atoms with van der Waals surface area (Å²) in [4.78, 5) is 13.0. The van der Waals surface area contributed by atoms with E-state index in [0.717, 1.165) is 29.8 Å². The van der Waals surface area contributed by atoms with Crippen LogP contribution in [0.25, 0.3) is 0 Å². The molecule has 0 amide bonds. The van der Waals surface area contributed by atoms with Crippen LogP contribution in [0.15, 0.2) is 35.4 Å². The van der Waals surface area contributed by atoms with Crippen LogP contribution >= 0.6 is 0 Å². The number of allylic oxidation sites excluding steroid dienone is 2. The highest BCUT2D eigenvalue weighted by atomic mass is 16.1. The predicted octanol–water partition coefficient (Wildman–Crippen LogP) is 4.40. The van der Waals surface area contributed by atoms with Crippen molar-refractivity contribution in [2.45, 2.75) is 52.9 Å². The molecule has 0 saturated carbocycles. The van der Waals surface area contributed by atoms with Crippen molar-refractivity contribution in [2.75, 3.05) is 0 Å². The SMILES string of the molecule is Cc1ccc(C2C3=C(Cc4n[nH]c(C)c42)CC(C)(C)CC3=O)cc1. The maximum atomic E-state index is 13.0. The molecule has 2 aliphatic rings. The van der Waals surface area contributed by atoms with E-state index in [1.165, 1.54) is 22.3 Å². The van der Waals surface area contributed by atoms with Gasteiger partial charge in [0.25, 0.3) is 0 Å². The lowest BCUT2D eigenvalue weighted by atomic mass is 9.65. The topological polar surface area (TPSA) is 45.8 Å². The fourth-order valence-electron chi connectivity index (χ4n) is 4.43. The highest BCUT2D eigenvalue weighted by Gasteiger charge is 2.41. The molecule has 0 radical (unpaired) electrons. The Balaban J connectivity index is 1.93. The zero-order chi connectivity index (χ0) is 17.1. The van der Waals surface area contributed by atoms with Crippen molar-refractivity contribution in [2.24, 2.45) is 5.41 Å². The molecule has 1 aromatic heterocycles. The molecule has 1 unspecified atom stereocenters. The number of fused-ring (bicyclic) bond motifs is 1. The third kappa shape index (κ3) is 2.34. The highest BCUT2D eigenvalue weighted by Crippen LogP contribution is 2.49. The lowest BCUT2D eigenvalue weighted by Gasteiger charge is -2.38. The van der Waals surface area contributed by atoms with Gasteiger partial charge in [-0.15, -0.1) is 0 Å². The number of carbonyl (C=O) groups is 1. The largest absolute Gasteiger partial charge is 0.294 e. The molecule has 1 N–H and O–H groups in total. The molecule has 1 heterocycles. The summed E-state index contributed by atoms with van der Waals surface area (Å²) in [6, 6.07) is 8.60. The number of ketones is 1. The standard InChI is InChI=1S/C21H24N2O/c1-12-5-7-14(8-6-12)20-18-13(2)22-23-16(18)9-15-10-21(3,4)11-17(24)19(15)20/h5-8,20H,9-11H2,1-4H3,(H,22,23). The number of aromatic nitrogens is 2. The number of hydrogen-bond donors (Lipinski definition) is 1. The van der Waals surface area contributed by atoms with Gasteiger partial charge in [-0.1, -0.05) is 49.2 Å². The summed E-state index contributed by atoms with van der Waals surface area (Å²) in [5.41, 5.74) is 8.23. The van der Waals surface area contributed by atoms with Crippen LogP contribution in [0.5, 0.6) is 0 Å². The smallest absolute Gasteiger partial charge is 0.160 e. The van der Waals surface area contributed by atoms with Crippen molar-refractivity contribution in [1.82, 2.24) is 10.2 Å². The van der Waals surface area contributed by atoms with Crippen LogP contribution in [0.3, 0.4) is 0 Å². The molecule has 24 heavy (non-hydrogen) atoms. The second-order valence-electron chi connectivity index (χ2n) is 8.19. The first-order chi connectivity index (χ1) is 11.4. The van der Waals surface area contributed by atoms with E-state index in [0.29, 0.717) is 12.2 Å². The van der Waals surface area contributed by atoms with Gasteiger partial charge in [-0.2, -0.15) is 5.10 Å². The summed E-state index contributed by atoms with van der Waals surface area (Å²) in [6.45, 7) is 8.55. The molecule has 3 heteroatoms. The number of benzene rings is 1. The Morgan fingerprint density at radius 1 is 1.12 bits per heavy atom. The van der Waals surface area contributed by atoms with Gasteiger partial charge in [-0.3, -0.25) is 9.89 Å². The number of carbonyl (C=O) groups excluding carboxylic acids is 1. The van der Waals surface area contributed by atoms with Crippen molar-refractivity contribution in [3.8, 4) is 0 Å². The zero-order valence-corrected chi connectivity index (χ0v) is 14.9. The van der Waals surface area contributed by atoms with E-state index in [9.17, 15) is 4.79 Å². The van der Waals surface area contributed by atoms with Crippen molar-refractivity contribution in [1.29, 1.82) is 0 Å². The highest BCUT2D eigenvalue weighted by molar-refractivity contribution is 6.00. The van der Waals surface area contributed by atoms with Gasteiger partial charge in [0.05, 0.1) is 5.69 Å². The first-order valence-electron chi connectivity index (χ1n) is 8.71. The van der Waals surface area contributed by atoms with Gasteiger partial charge in [-0.25, -0.2) is 0 Å². The normalized spacial score (nSPS) is 22.3. The summed E-state index contributed by atoms with van der Waals surface area (Å²) in [5.74, 6) is 0.352. The number of hydrogen-bond acceptors (Lipinski definition) is 2. The molecule has 2 aliphatic carbocycles. The molecule has 3 nitrogen and oxygen atoms in total. The van der Waals surface area contributed by atoms with Crippen molar-refractivity contribution in [3.05, 3.63) is 63.5 Å². The molecule has 0 aliphatic heterocycles. The number of nitrogens with zero attached hydrogens (tertiary/aromatic N) is 1. The lowest BCUT2D eigenvalue weighted by Crippen LogP contribution is -2.32. The summed E-state index contributed by atoms with van der Waals surface area (Å²) in [7, 11) is 0. The fourth-order valence-corrected chi connectivity index (χ4v) is 4.43. The van der Waals surface area contributed by atoms with Crippen LogP contribution in [0, 0.1) is 19.3 Å². The second-order valence-corrected chi connectivity index (χ2v) is 8.19. The Hall–Kier alpha value is -2.16. The molecule has 1 atom stereocenters. The van der Waals surface area contributed by atoms with Crippen molar-refractivity contribution in [3.63, 3.8) is 0 Å². The Bertz CT molecular complexity index is 852. The van der Waals surface area contributed by atoms with Gasteiger partial charge in [0, 0.05) is 35.6 Å². The molecular formula is C21H24N2O. The Kier molecular flexibility index (Phi) is 3.31. The summed E-state index contributed by atoms with van der Waals surface area (Å²) in [5, 5.41) is 7.69. The molecular weight excluding hydrogens is 296 g/mol. The first kappa shape index (κ1) is 15.4. The fraction of sp³-hybridized carbons (Fsp3) is 0.429. The molecule has 0 fully saturated rings. The summed E-state index contributed by atoms with van der Waals surface area (Å²) in [6.07, 6.45) is 2.44. The van der Waals surface area contributed by atoms with E-state index in [2.05, 4.69) is 62.2 Å². The van der Waals surface area contributed by atoms with E-state index >= 15 is 0 Å². The van der Waals surface area contributed by atoms with E-state index in [1.807, 2.05) is 0 Å². The number of rotatable bonds is 1. The predicted molar refractivity (Wildman–Crippen MR) is 95.1 cm³/mol. The van der Waals surface area contributed by atoms with Crippen LogP contribution in [0.1, 0.15) is 60.7 Å². The third-order valence-electron chi connectivity index (χ3n) is 5.45. The van der Waals surface area contributed by atoms with Crippen molar-refractivity contribution >= 4 is 5.78 Å². The van der Waals surface area contributed by atoms with Gasteiger partial charge in [0.1, 0.15) is 0 Å². The van der Waals surface area contributed by atoms with Crippen molar-refractivity contribution < 1.29 is 4.79 Å². The van der Waals surface area contributed by atoms with Gasteiger partial charge in [0.2, 0.25) is 0 Å². The minimum atomic E-state index is 0.0340. The number of Topliss-reactive ketones (excluding diaryl/α,β-unsaturated/α-hetero) is 1. The molecule has 0 spiro atoms. The minimum absolute atomic E-state index is 0.0340. The molecule has 1 aromatic carbocycles. The summed E-state index contributed by atoms with van der Waals surface area (Å²) >= 11 is 0. The number of aromatic amines is 1. The monoisotopic (exact) mass is 320 g/mol. The van der Waals surface area contributed by atoms with E-state index in [4.69, 9.17) is 0 Å². The van der Waals surface area contributed by atoms with Gasteiger partial charge >= 0.3 is 0 Å². The molecule has 4 rings (SSSR count). The molecule has 0 bridgehead atoms. The molecule has 0 saturated heterocycles.